The molecule has 1 unspecified atom stereocenters. The lowest BCUT2D eigenvalue weighted by atomic mass is 10.1. The highest BCUT2D eigenvalue weighted by atomic mass is 16.5. The molecule has 0 bridgehead atoms. The summed E-state index contributed by atoms with van der Waals surface area (Å²) < 4.78 is 10.5. The number of nitrogens with one attached hydrogen (secondary N) is 2. The molecule has 0 heterocycles. The number of urea groups is 1. The maximum atomic E-state index is 11.7. The highest BCUT2D eigenvalue weighted by Crippen LogP contribution is 2.26. The monoisotopic (exact) mass is 294 g/mol. The van der Waals surface area contributed by atoms with Crippen LogP contribution in [0.15, 0.2) is 18.2 Å². The number of carbonyl (C=O) groups is 3. The van der Waals surface area contributed by atoms with Crippen LogP contribution in [-0.4, -0.2) is 38.0 Å². The molecule has 2 N–H and O–H groups in total. The van der Waals surface area contributed by atoms with Gasteiger partial charge in [-0.15, -0.1) is 0 Å². The summed E-state index contributed by atoms with van der Waals surface area (Å²) >= 11 is 0. The Kier molecular flexibility index (Phi) is 5.71. The molecule has 0 saturated carbocycles. The zero-order valence-corrected chi connectivity index (χ0v) is 12.4. The van der Waals surface area contributed by atoms with Crippen LogP contribution in [0.3, 0.4) is 0 Å². The minimum atomic E-state index is -0.951. The quantitative estimate of drug-likeness (QED) is 0.794. The summed E-state index contributed by atoms with van der Waals surface area (Å²) in [6.45, 7) is 2.87. The first-order valence-electron chi connectivity index (χ1n) is 6.27. The van der Waals surface area contributed by atoms with E-state index in [4.69, 9.17) is 9.47 Å². The molecule has 7 heteroatoms. The molecular formula is C14H18N2O5. The number of benzene rings is 1. The molecule has 0 aliphatic rings. The van der Waals surface area contributed by atoms with Gasteiger partial charge in [-0.1, -0.05) is 0 Å². The zero-order valence-electron chi connectivity index (χ0n) is 12.4. The SMILES string of the molecule is CNC(=O)NC(=O)C(C)Oc1cc(OC)ccc1C(C)=O. The maximum absolute atomic E-state index is 11.7. The van der Waals surface area contributed by atoms with Gasteiger partial charge in [0, 0.05) is 13.1 Å². The minimum Gasteiger partial charge on any atom is -0.497 e. The summed E-state index contributed by atoms with van der Waals surface area (Å²) in [6, 6.07) is 4.06. The first kappa shape index (κ1) is 16.5. The van der Waals surface area contributed by atoms with Gasteiger partial charge in [-0.05, 0) is 26.0 Å². The molecule has 21 heavy (non-hydrogen) atoms. The molecule has 1 aromatic rings. The van der Waals surface area contributed by atoms with Crippen LogP contribution in [0, 0.1) is 0 Å². The summed E-state index contributed by atoms with van der Waals surface area (Å²) in [5.74, 6) is -0.103. The third-order valence-electron chi connectivity index (χ3n) is 2.70. The van der Waals surface area contributed by atoms with Crippen molar-refractivity contribution in [2.45, 2.75) is 20.0 Å². The molecule has 0 radical (unpaired) electrons. The number of imide groups is 1. The van der Waals surface area contributed by atoms with Gasteiger partial charge in [-0.3, -0.25) is 14.9 Å². The Morgan fingerprint density at radius 3 is 2.43 bits per heavy atom. The molecule has 7 nitrogen and oxygen atoms in total. The van der Waals surface area contributed by atoms with E-state index in [2.05, 4.69) is 10.6 Å². The Bertz CT molecular complexity index is 556. The van der Waals surface area contributed by atoms with E-state index in [0.717, 1.165) is 0 Å². The summed E-state index contributed by atoms with van der Waals surface area (Å²) in [7, 11) is 2.87. The molecule has 0 saturated heterocycles. The molecule has 1 aromatic carbocycles. The van der Waals surface area contributed by atoms with Gasteiger partial charge in [0.15, 0.2) is 11.9 Å². The van der Waals surface area contributed by atoms with Gasteiger partial charge in [0.05, 0.1) is 12.7 Å². The number of ketones is 1. The van der Waals surface area contributed by atoms with Crippen molar-refractivity contribution in [1.82, 2.24) is 10.6 Å². The lowest BCUT2D eigenvalue weighted by Crippen LogP contribution is -2.44. The average Bonchev–Trinajstić information content (AvgIpc) is 2.46. The van der Waals surface area contributed by atoms with Gasteiger partial charge in [-0.25, -0.2) is 4.79 Å². The second kappa shape index (κ2) is 7.28. The van der Waals surface area contributed by atoms with E-state index in [1.165, 1.54) is 34.1 Å². The topological polar surface area (TPSA) is 93.7 Å². The number of amides is 3. The fourth-order valence-corrected chi connectivity index (χ4v) is 1.54. The first-order valence-corrected chi connectivity index (χ1v) is 6.27. The van der Waals surface area contributed by atoms with Crippen LogP contribution in [0.1, 0.15) is 24.2 Å². The van der Waals surface area contributed by atoms with E-state index in [-0.39, 0.29) is 11.5 Å². The molecule has 0 aliphatic heterocycles. The smallest absolute Gasteiger partial charge is 0.321 e. The normalized spacial score (nSPS) is 11.2. The number of ether oxygens (including phenoxy) is 2. The lowest BCUT2D eigenvalue weighted by Gasteiger charge is -2.16. The van der Waals surface area contributed by atoms with Crippen LogP contribution in [0.25, 0.3) is 0 Å². The molecule has 0 spiro atoms. The van der Waals surface area contributed by atoms with Gasteiger partial charge in [0.2, 0.25) is 0 Å². The van der Waals surface area contributed by atoms with Crippen LogP contribution in [-0.2, 0) is 4.79 Å². The summed E-state index contributed by atoms with van der Waals surface area (Å²) in [6.07, 6.45) is -0.951. The fourth-order valence-electron chi connectivity index (χ4n) is 1.54. The standard InChI is InChI=1S/C14H18N2O5/c1-8(17)11-6-5-10(20-4)7-12(11)21-9(2)13(18)16-14(19)15-3/h5-7,9H,1-4H3,(H2,15,16,18,19). The third kappa shape index (κ3) is 4.48. The predicted molar refractivity (Wildman–Crippen MR) is 75.7 cm³/mol. The largest absolute Gasteiger partial charge is 0.497 e. The fraction of sp³-hybridized carbons (Fsp3) is 0.357. The molecule has 0 fully saturated rings. The molecular weight excluding hydrogens is 276 g/mol. The number of Topliss-reactive ketones (excluding diaryl/α,β-unsaturated/α-hetero) is 1. The van der Waals surface area contributed by atoms with E-state index < -0.39 is 18.0 Å². The Morgan fingerprint density at radius 1 is 1.24 bits per heavy atom. The minimum absolute atomic E-state index is 0.202. The van der Waals surface area contributed by atoms with E-state index in [9.17, 15) is 14.4 Å². The number of hydrogen-bond acceptors (Lipinski definition) is 5. The van der Waals surface area contributed by atoms with E-state index in [0.29, 0.717) is 11.3 Å². The van der Waals surface area contributed by atoms with Crippen LogP contribution < -0.4 is 20.1 Å². The number of rotatable bonds is 5. The summed E-state index contributed by atoms with van der Waals surface area (Å²) in [5.41, 5.74) is 0.329. The number of carbonyl (C=O) groups excluding carboxylic acids is 3. The van der Waals surface area contributed by atoms with Crippen molar-refractivity contribution < 1.29 is 23.9 Å². The molecule has 1 atom stereocenters. The molecule has 3 amide bonds. The third-order valence-corrected chi connectivity index (χ3v) is 2.70. The zero-order chi connectivity index (χ0) is 16.0. The van der Waals surface area contributed by atoms with E-state index in [1.54, 1.807) is 12.1 Å². The van der Waals surface area contributed by atoms with E-state index in [1.807, 2.05) is 0 Å². The Hall–Kier alpha value is -2.57. The lowest BCUT2D eigenvalue weighted by molar-refractivity contribution is -0.126. The van der Waals surface area contributed by atoms with Gasteiger partial charge < -0.3 is 14.8 Å². The second-order valence-corrected chi connectivity index (χ2v) is 4.25. The van der Waals surface area contributed by atoms with Crippen molar-refractivity contribution in [3.8, 4) is 11.5 Å². The van der Waals surface area contributed by atoms with Crippen molar-refractivity contribution in [1.29, 1.82) is 0 Å². The van der Waals surface area contributed by atoms with Crippen molar-refractivity contribution in [2.75, 3.05) is 14.2 Å². The van der Waals surface area contributed by atoms with Crippen LogP contribution in [0.2, 0.25) is 0 Å². The van der Waals surface area contributed by atoms with Crippen molar-refractivity contribution in [3.05, 3.63) is 23.8 Å². The Morgan fingerprint density at radius 2 is 1.90 bits per heavy atom. The molecule has 114 valence electrons. The summed E-state index contributed by atoms with van der Waals surface area (Å²) in [4.78, 5) is 34.4. The van der Waals surface area contributed by atoms with E-state index >= 15 is 0 Å². The Labute approximate surface area is 122 Å². The number of methoxy groups -OCH3 is 1. The van der Waals surface area contributed by atoms with Crippen molar-refractivity contribution in [3.63, 3.8) is 0 Å². The maximum Gasteiger partial charge on any atom is 0.321 e. The van der Waals surface area contributed by atoms with Crippen LogP contribution in [0.5, 0.6) is 11.5 Å². The second-order valence-electron chi connectivity index (χ2n) is 4.25. The summed E-state index contributed by atoms with van der Waals surface area (Å²) in [5, 5.41) is 4.36. The van der Waals surface area contributed by atoms with Gasteiger partial charge in [-0.2, -0.15) is 0 Å². The van der Waals surface area contributed by atoms with Crippen molar-refractivity contribution in [2.24, 2.45) is 0 Å². The average molecular weight is 294 g/mol. The predicted octanol–water partition coefficient (Wildman–Crippen LogP) is 1.12. The van der Waals surface area contributed by atoms with Crippen LogP contribution in [0.4, 0.5) is 4.79 Å². The van der Waals surface area contributed by atoms with Crippen LogP contribution >= 0.6 is 0 Å². The molecule has 0 aliphatic carbocycles. The molecule has 0 aromatic heterocycles. The highest BCUT2D eigenvalue weighted by molar-refractivity contribution is 5.98. The molecule has 1 rings (SSSR count). The highest BCUT2D eigenvalue weighted by Gasteiger charge is 2.19. The first-order chi connectivity index (χ1) is 9.88. The van der Waals surface area contributed by atoms with Gasteiger partial charge >= 0.3 is 6.03 Å². The van der Waals surface area contributed by atoms with Gasteiger partial charge in [0.25, 0.3) is 5.91 Å². The Balaban J connectivity index is 2.92. The van der Waals surface area contributed by atoms with Crippen molar-refractivity contribution >= 4 is 17.7 Å². The number of hydrogen-bond donors (Lipinski definition) is 2. The van der Waals surface area contributed by atoms with Gasteiger partial charge in [0.1, 0.15) is 11.5 Å².